The molecule has 0 aliphatic carbocycles. The number of amides is 1. The fourth-order valence-corrected chi connectivity index (χ4v) is 7.98. The van der Waals surface area contributed by atoms with Gasteiger partial charge >= 0.3 is 0 Å². The lowest BCUT2D eigenvalue weighted by atomic mass is 10.1. The maximum Gasteiger partial charge on any atom is 0.283 e. The van der Waals surface area contributed by atoms with Crippen LogP contribution in [0, 0.1) is 0 Å². The first-order chi connectivity index (χ1) is 18.3. The second-order valence-corrected chi connectivity index (χ2v) is 13.3. The van der Waals surface area contributed by atoms with E-state index in [1.165, 1.54) is 15.6 Å². The quantitative estimate of drug-likeness (QED) is 0.380. The molecule has 2 aliphatic heterocycles. The molecule has 1 aromatic carbocycles. The Labute approximate surface area is 229 Å². The molecule has 2 aliphatic rings. The molecule has 4 aromatic rings. The molecule has 1 amide bonds. The lowest BCUT2D eigenvalue weighted by Gasteiger charge is -2.40. The predicted molar refractivity (Wildman–Crippen MR) is 146 cm³/mol. The molecule has 200 valence electrons. The van der Waals surface area contributed by atoms with E-state index in [1.54, 1.807) is 36.8 Å². The number of aromatic amines is 1. The van der Waals surface area contributed by atoms with Crippen LogP contribution in [0.25, 0.3) is 10.9 Å². The second kappa shape index (κ2) is 10.1. The van der Waals surface area contributed by atoms with Gasteiger partial charge < -0.3 is 19.4 Å². The number of halogens is 1. The monoisotopic (exact) mass is 573 g/mol. The average molecular weight is 574 g/mol. The van der Waals surface area contributed by atoms with Gasteiger partial charge in [0.2, 0.25) is 0 Å². The zero-order valence-corrected chi connectivity index (χ0v) is 23.3. The van der Waals surface area contributed by atoms with Crippen molar-refractivity contribution < 1.29 is 13.2 Å². The van der Waals surface area contributed by atoms with E-state index >= 15 is 0 Å². The number of rotatable bonds is 6. The lowest BCUT2D eigenvalue weighted by Crippen LogP contribution is -2.56. The SMILES string of the molecule is CN1CCc2nc(C(=O)N3CCN(S(=O)(=O)c4cc5cc(Cl)ccc5[nH]4)CC3CCn3ccnc3)sc2C1. The smallest absolute Gasteiger partial charge is 0.283 e. The van der Waals surface area contributed by atoms with Gasteiger partial charge in [-0.25, -0.2) is 18.4 Å². The van der Waals surface area contributed by atoms with Crippen LogP contribution in [0.5, 0.6) is 0 Å². The number of hydrogen-bond donors (Lipinski definition) is 1. The summed E-state index contributed by atoms with van der Waals surface area (Å²) >= 11 is 7.56. The van der Waals surface area contributed by atoms with Crippen LogP contribution in [0.2, 0.25) is 5.02 Å². The molecule has 1 atom stereocenters. The number of piperazine rings is 1. The fraction of sp³-hybridized carbons (Fsp3) is 0.400. The lowest BCUT2D eigenvalue weighted by molar-refractivity contribution is 0.0543. The van der Waals surface area contributed by atoms with Crippen LogP contribution in [-0.4, -0.2) is 87.2 Å². The Bertz CT molecular complexity index is 1580. The third kappa shape index (κ3) is 4.87. The summed E-state index contributed by atoms with van der Waals surface area (Å²) in [7, 11) is -1.74. The number of thiazole rings is 1. The summed E-state index contributed by atoms with van der Waals surface area (Å²) in [6.07, 6.45) is 6.72. The first-order valence-electron chi connectivity index (χ1n) is 12.5. The van der Waals surface area contributed by atoms with E-state index in [9.17, 15) is 13.2 Å². The first-order valence-corrected chi connectivity index (χ1v) is 15.1. The highest BCUT2D eigenvalue weighted by Crippen LogP contribution is 2.29. The van der Waals surface area contributed by atoms with Crippen molar-refractivity contribution in [1.82, 2.24) is 33.6 Å². The van der Waals surface area contributed by atoms with Crippen LogP contribution >= 0.6 is 22.9 Å². The van der Waals surface area contributed by atoms with Gasteiger partial charge in [-0.2, -0.15) is 4.31 Å². The van der Waals surface area contributed by atoms with Crippen molar-refractivity contribution in [3.8, 4) is 0 Å². The molecule has 6 rings (SSSR count). The number of imidazole rings is 1. The summed E-state index contributed by atoms with van der Waals surface area (Å²) in [4.78, 5) is 30.7. The van der Waals surface area contributed by atoms with Crippen molar-refractivity contribution in [3.63, 3.8) is 0 Å². The third-order valence-electron chi connectivity index (χ3n) is 7.27. The summed E-state index contributed by atoms with van der Waals surface area (Å²) in [5.41, 5.74) is 1.71. The van der Waals surface area contributed by atoms with Crippen LogP contribution < -0.4 is 0 Å². The maximum absolute atomic E-state index is 13.7. The molecule has 0 spiro atoms. The number of benzene rings is 1. The molecule has 13 heteroatoms. The van der Waals surface area contributed by atoms with Gasteiger partial charge in [0.05, 0.1) is 12.0 Å². The van der Waals surface area contributed by atoms with Gasteiger partial charge in [0.1, 0.15) is 5.03 Å². The maximum atomic E-state index is 13.7. The number of nitrogens with one attached hydrogen (secondary N) is 1. The largest absolute Gasteiger partial charge is 0.345 e. The molecular formula is C25H28ClN7O3S2. The molecule has 1 fully saturated rings. The molecule has 3 aromatic heterocycles. The Balaban J connectivity index is 1.26. The Morgan fingerprint density at radius 1 is 1.24 bits per heavy atom. The number of hydrogen-bond acceptors (Lipinski definition) is 7. The Morgan fingerprint density at radius 2 is 2.11 bits per heavy atom. The van der Waals surface area contributed by atoms with E-state index in [2.05, 4.69) is 26.9 Å². The van der Waals surface area contributed by atoms with E-state index in [0.29, 0.717) is 35.1 Å². The summed E-state index contributed by atoms with van der Waals surface area (Å²) in [6.45, 7) is 3.04. The van der Waals surface area contributed by atoms with Crippen molar-refractivity contribution in [2.75, 3.05) is 33.2 Å². The zero-order chi connectivity index (χ0) is 26.4. The number of fused-ring (bicyclic) bond motifs is 2. The highest BCUT2D eigenvalue weighted by Gasteiger charge is 2.38. The molecule has 0 bridgehead atoms. The van der Waals surface area contributed by atoms with Gasteiger partial charge in [-0.3, -0.25) is 4.79 Å². The van der Waals surface area contributed by atoms with E-state index in [0.717, 1.165) is 35.5 Å². The van der Waals surface area contributed by atoms with Crippen LogP contribution in [-0.2, 0) is 29.5 Å². The van der Waals surface area contributed by atoms with E-state index in [-0.39, 0.29) is 30.1 Å². The van der Waals surface area contributed by atoms with Gasteiger partial charge in [0.25, 0.3) is 15.9 Å². The molecule has 1 unspecified atom stereocenters. The highest BCUT2D eigenvalue weighted by molar-refractivity contribution is 7.89. The molecule has 0 saturated carbocycles. The number of likely N-dealkylation sites (N-methyl/N-ethyl adjacent to an activating group) is 1. The second-order valence-electron chi connectivity index (χ2n) is 9.85. The van der Waals surface area contributed by atoms with Crippen molar-refractivity contribution in [2.45, 2.75) is 37.0 Å². The van der Waals surface area contributed by atoms with Gasteiger partial charge in [-0.05, 0) is 37.7 Å². The minimum atomic E-state index is -3.80. The van der Waals surface area contributed by atoms with E-state index < -0.39 is 10.0 Å². The van der Waals surface area contributed by atoms with Crippen LogP contribution in [0.1, 0.15) is 26.8 Å². The third-order valence-corrected chi connectivity index (χ3v) is 10.4. The van der Waals surface area contributed by atoms with Gasteiger partial charge in [0.15, 0.2) is 5.01 Å². The normalized spacial score (nSPS) is 19.2. The summed E-state index contributed by atoms with van der Waals surface area (Å²) in [5, 5.41) is 1.89. The molecule has 1 N–H and O–H groups in total. The Morgan fingerprint density at radius 3 is 2.92 bits per heavy atom. The summed E-state index contributed by atoms with van der Waals surface area (Å²) in [5.74, 6) is -0.125. The number of nitrogens with zero attached hydrogens (tertiary/aromatic N) is 6. The molecular weight excluding hydrogens is 546 g/mol. The number of carbonyl (C=O) groups is 1. The molecule has 38 heavy (non-hydrogen) atoms. The number of sulfonamides is 1. The van der Waals surface area contributed by atoms with Crippen molar-refractivity contribution in [1.29, 1.82) is 0 Å². The molecule has 0 radical (unpaired) electrons. The van der Waals surface area contributed by atoms with Crippen molar-refractivity contribution in [2.24, 2.45) is 0 Å². The Kier molecular flexibility index (Phi) is 6.77. The highest BCUT2D eigenvalue weighted by atomic mass is 35.5. The number of carbonyl (C=O) groups excluding carboxylic acids is 1. The van der Waals surface area contributed by atoms with Crippen LogP contribution in [0.15, 0.2) is 48.0 Å². The van der Waals surface area contributed by atoms with Crippen molar-refractivity contribution >= 4 is 49.8 Å². The minimum absolute atomic E-state index is 0.125. The van der Waals surface area contributed by atoms with Gasteiger partial charge in [-0.15, -0.1) is 11.3 Å². The van der Waals surface area contributed by atoms with E-state index in [4.69, 9.17) is 11.6 Å². The summed E-state index contributed by atoms with van der Waals surface area (Å²) < 4.78 is 30.7. The predicted octanol–water partition coefficient (Wildman–Crippen LogP) is 3.07. The topological polar surface area (TPSA) is 107 Å². The van der Waals surface area contributed by atoms with Gasteiger partial charge in [0, 0.05) is 84.9 Å². The number of H-pyrrole nitrogens is 1. The van der Waals surface area contributed by atoms with Gasteiger partial charge in [-0.1, -0.05) is 11.6 Å². The number of aryl methyl sites for hydroxylation is 1. The summed E-state index contributed by atoms with van der Waals surface area (Å²) in [6, 6.07) is 6.54. The van der Waals surface area contributed by atoms with E-state index in [1.807, 2.05) is 15.7 Å². The zero-order valence-electron chi connectivity index (χ0n) is 20.9. The Hall–Kier alpha value is -2.77. The van der Waals surface area contributed by atoms with Crippen LogP contribution in [0.4, 0.5) is 0 Å². The standard InChI is InChI=1S/C25H28ClN7O3S2/c1-30-7-5-21-22(15-30)37-24(29-21)25(34)33-11-10-32(14-19(33)4-8-31-9-6-27-16-31)38(35,36)23-13-17-12-18(26)2-3-20(17)28-23/h2-3,6,9,12-13,16,19,28H,4-5,7-8,10-11,14-15H2,1H3. The minimum Gasteiger partial charge on any atom is -0.345 e. The fourth-order valence-electron chi connectivity index (χ4n) is 5.17. The van der Waals surface area contributed by atoms with Crippen LogP contribution in [0.3, 0.4) is 0 Å². The molecule has 5 heterocycles. The average Bonchev–Trinajstić information content (AvgIpc) is 3.66. The molecule has 10 nitrogen and oxygen atoms in total. The van der Waals surface area contributed by atoms with Crippen molar-refractivity contribution in [3.05, 3.63) is 63.6 Å². The first kappa shape index (κ1) is 25.5. The molecule has 1 saturated heterocycles. The number of aromatic nitrogens is 4.